The van der Waals surface area contributed by atoms with E-state index in [4.69, 9.17) is 0 Å². The number of rotatable bonds is 3. The smallest absolute Gasteiger partial charge is 0.469 e. The molecule has 140 valence electrons. The number of methoxy groups -OCH3 is 1. The zero-order valence-corrected chi connectivity index (χ0v) is 14.2. The summed E-state index contributed by atoms with van der Waals surface area (Å²) >= 11 is 0. The largest absolute Gasteiger partial charge is 0.534 e. The number of carbonyl (C=O) groups excluding carboxylic acids is 1. The number of esters is 1. The van der Waals surface area contributed by atoms with Gasteiger partial charge in [0.15, 0.2) is 0 Å². The fraction of sp³-hybridized carbons (Fsp3) is 0.400. The molecule has 10 heteroatoms. The Balaban J connectivity index is 0.000000324. The van der Waals surface area contributed by atoms with Crippen LogP contribution in [0.25, 0.3) is 0 Å². The van der Waals surface area contributed by atoms with Gasteiger partial charge in [0.1, 0.15) is 11.6 Å². The Kier molecular flexibility index (Phi) is 6.97. The van der Waals surface area contributed by atoms with Crippen molar-refractivity contribution in [3.8, 4) is 0 Å². The SMILES string of the molecule is COC(=O)C1C=C(OS(=O)(=O)C(F)(F)F)CC1.Cc1ccccc1F. The van der Waals surface area contributed by atoms with Crippen LogP contribution in [0.3, 0.4) is 0 Å². The minimum absolute atomic E-state index is 0.0604. The third kappa shape index (κ3) is 6.04. The Morgan fingerprint density at radius 1 is 1.24 bits per heavy atom. The van der Waals surface area contributed by atoms with Crippen LogP contribution in [0.2, 0.25) is 0 Å². The van der Waals surface area contributed by atoms with Crippen LogP contribution in [0.5, 0.6) is 0 Å². The van der Waals surface area contributed by atoms with Gasteiger partial charge in [-0.2, -0.15) is 21.6 Å². The number of hydrogen-bond acceptors (Lipinski definition) is 5. The number of ether oxygens (including phenoxy) is 1. The molecule has 1 aromatic carbocycles. The van der Waals surface area contributed by atoms with Crippen LogP contribution in [0.1, 0.15) is 18.4 Å². The van der Waals surface area contributed by atoms with Crippen LogP contribution in [0, 0.1) is 18.7 Å². The molecule has 0 radical (unpaired) electrons. The van der Waals surface area contributed by atoms with Crippen molar-refractivity contribution < 1.29 is 39.7 Å². The maximum Gasteiger partial charge on any atom is 0.534 e. The second-order valence-electron chi connectivity index (χ2n) is 5.03. The molecule has 5 nitrogen and oxygen atoms in total. The molecule has 0 spiro atoms. The maximum atomic E-state index is 12.3. The summed E-state index contributed by atoms with van der Waals surface area (Å²) in [7, 11) is -4.53. The first kappa shape index (κ1) is 20.9. The third-order valence-electron chi connectivity index (χ3n) is 3.17. The van der Waals surface area contributed by atoms with Crippen molar-refractivity contribution in [3.05, 3.63) is 47.5 Å². The van der Waals surface area contributed by atoms with Gasteiger partial charge in [-0.1, -0.05) is 18.2 Å². The van der Waals surface area contributed by atoms with E-state index in [2.05, 4.69) is 8.92 Å². The number of alkyl halides is 3. The first-order valence-corrected chi connectivity index (χ1v) is 8.39. The van der Waals surface area contributed by atoms with Gasteiger partial charge in [-0.25, -0.2) is 4.39 Å². The second-order valence-corrected chi connectivity index (χ2v) is 6.57. The van der Waals surface area contributed by atoms with Crippen LogP contribution >= 0.6 is 0 Å². The molecule has 0 N–H and O–H groups in total. The summed E-state index contributed by atoms with van der Waals surface area (Å²) in [5.74, 6) is -1.93. The summed E-state index contributed by atoms with van der Waals surface area (Å²) in [4.78, 5) is 11.0. The summed E-state index contributed by atoms with van der Waals surface area (Å²) in [5.41, 5.74) is -4.77. The Hall–Kier alpha value is -2.10. The Labute approximate surface area is 142 Å². The highest BCUT2D eigenvalue weighted by atomic mass is 32.2. The number of hydrogen-bond donors (Lipinski definition) is 0. The van der Waals surface area contributed by atoms with Crippen molar-refractivity contribution in [2.45, 2.75) is 25.3 Å². The van der Waals surface area contributed by atoms with E-state index in [-0.39, 0.29) is 18.7 Å². The minimum atomic E-state index is -5.66. The first-order chi connectivity index (χ1) is 11.5. The number of benzene rings is 1. The Morgan fingerprint density at radius 2 is 1.84 bits per heavy atom. The van der Waals surface area contributed by atoms with Crippen LogP contribution in [-0.4, -0.2) is 27.0 Å². The predicted octanol–water partition coefficient (Wildman–Crippen LogP) is 3.45. The lowest BCUT2D eigenvalue weighted by Gasteiger charge is -2.09. The molecule has 0 aromatic heterocycles. The third-order valence-corrected chi connectivity index (χ3v) is 4.17. The van der Waals surface area contributed by atoms with E-state index in [9.17, 15) is 30.8 Å². The standard InChI is InChI=1S/C8H9F3O5S.C7H7F/c1-15-7(12)5-2-3-6(4-5)16-17(13,14)8(9,10)11;1-6-4-2-3-5-7(6)8/h4-5H,2-3H2,1H3;2-5H,1H3. The molecule has 1 atom stereocenters. The fourth-order valence-corrected chi connectivity index (χ4v) is 2.35. The molecule has 0 saturated carbocycles. The highest BCUT2D eigenvalue weighted by molar-refractivity contribution is 7.87. The monoisotopic (exact) mass is 384 g/mol. The van der Waals surface area contributed by atoms with E-state index in [1.54, 1.807) is 19.1 Å². The Morgan fingerprint density at radius 3 is 2.28 bits per heavy atom. The zero-order chi connectivity index (χ0) is 19.3. The van der Waals surface area contributed by atoms with Crippen molar-refractivity contribution in [2.75, 3.05) is 7.11 Å². The van der Waals surface area contributed by atoms with Gasteiger partial charge in [-0.15, -0.1) is 0 Å². The van der Waals surface area contributed by atoms with E-state index < -0.39 is 33.3 Å². The summed E-state index contributed by atoms with van der Waals surface area (Å²) in [6, 6.07) is 6.70. The summed E-state index contributed by atoms with van der Waals surface area (Å²) < 4.78 is 77.8. The van der Waals surface area contributed by atoms with Gasteiger partial charge in [0, 0.05) is 6.42 Å². The molecule has 0 heterocycles. The van der Waals surface area contributed by atoms with E-state index in [1.807, 2.05) is 6.07 Å². The van der Waals surface area contributed by atoms with Gasteiger partial charge in [0.25, 0.3) is 0 Å². The van der Waals surface area contributed by atoms with Gasteiger partial charge in [-0.3, -0.25) is 4.79 Å². The lowest BCUT2D eigenvalue weighted by Crippen LogP contribution is -2.25. The molecule has 2 rings (SSSR count). The second kappa shape index (κ2) is 8.32. The lowest BCUT2D eigenvalue weighted by molar-refractivity contribution is -0.143. The number of allylic oxidation sites excluding steroid dienone is 1. The Bertz CT molecular complexity index is 720. The average Bonchev–Trinajstić information content (AvgIpc) is 2.97. The molecule has 0 fully saturated rings. The first-order valence-electron chi connectivity index (χ1n) is 6.98. The molecule has 0 aliphatic heterocycles. The van der Waals surface area contributed by atoms with Crippen molar-refractivity contribution in [1.29, 1.82) is 0 Å². The molecule has 25 heavy (non-hydrogen) atoms. The molecular formula is C15H16F4O5S. The van der Waals surface area contributed by atoms with Crippen LogP contribution in [0.15, 0.2) is 36.1 Å². The highest BCUT2D eigenvalue weighted by Crippen LogP contribution is 2.32. The quantitative estimate of drug-likeness (QED) is 0.346. The van der Waals surface area contributed by atoms with Crippen LogP contribution in [-0.2, 0) is 23.8 Å². The number of carbonyl (C=O) groups is 1. The number of aryl methyl sites for hydroxylation is 1. The molecule has 1 aromatic rings. The minimum Gasteiger partial charge on any atom is -0.469 e. The van der Waals surface area contributed by atoms with Crippen molar-refractivity contribution in [1.82, 2.24) is 0 Å². The molecule has 0 bridgehead atoms. The molecule has 1 unspecified atom stereocenters. The fourth-order valence-electron chi connectivity index (χ4n) is 1.83. The van der Waals surface area contributed by atoms with Crippen LogP contribution < -0.4 is 0 Å². The van der Waals surface area contributed by atoms with Gasteiger partial charge in [0.05, 0.1) is 13.0 Å². The molecule has 0 saturated heterocycles. The van der Waals surface area contributed by atoms with E-state index >= 15 is 0 Å². The maximum absolute atomic E-state index is 12.3. The molecule has 1 aliphatic carbocycles. The average molecular weight is 384 g/mol. The van der Waals surface area contributed by atoms with E-state index in [0.29, 0.717) is 5.56 Å². The summed E-state index contributed by atoms with van der Waals surface area (Å²) in [6.07, 6.45) is 1.12. The predicted molar refractivity (Wildman–Crippen MR) is 80.0 cm³/mol. The molecule has 1 aliphatic rings. The van der Waals surface area contributed by atoms with Crippen molar-refractivity contribution in [3.63, 3.8) is 0 Å². The van der Waals surface area contributed by atoms with E-state index in [1.165, 1.54) is 6.07 Å². The lowest BCUT2D eigenvalue weighted by atomic mass is 10.1. The summed E-state index contributed by atoms with van der Waals surface area (Å²) in [5, 5.41) is 0. The van der Waals surface area contributed by atoms with E-state index in [0.717, 1.165) is 13.2 Å². The summed E-state index contributed by atoms with van der Waals surface area (Å²) in [6.45, 7) is 1.75. The van der Waals surface area contributed by atoms with Crippen molar-refractivity contribution >= 4 is 16.1 Å². The molecule has 0 amide bonds. The van der Waals surface area contributed by atoms with Gasteiger partial charge in [-0.05, 0) is 31.1 Å². The van der Waals surface area contributed by atoms with Gasteiger partial charge < -0.3 is 8.92 Å². The zero-order valence-electron chi connectivity index (χ0n) is 13.3. The van der Waals surface area contributed by atoms with Crippen molar-refractivity contribution in [2.24, 2.45) is 5.92 Å². The van der Waals surface area contributed by atoms with Crippen LogP contribution in [0.4, 0.5) is 17.6 Å². The van der Waals surface area contributed by atoms with Gasteiger partial charge in [0.2, 0.25) is 0 Å². The number of halogens is 4. The topological polar surface area (TPSA) is 69.7 Å². The molecular weight excluding hydrogens is 368 g/mol. The normalized spacial score (nSPS) is 17.2. The van der Waals surface area contributed by atoms with Gasteiger partial charge >= 0.3 is 21.6 Å². The highest BCUT2D eigenvalue weighted by Gasteiger charge is 2.49.